The van der Waals surface area contributed by atoms with Crippen molar-refractivity contribution in [2.45, 2.75) is 0 Å². The van der Waals surface area contributed by atoms with Crippen molar-refractivity contribution in [1.29, 1.82) is 0 Å². The Morgan fingerprint density at radius 1 is 0.920 bits per heavy atom. The lowest BCUT2D eigenvalue weighted by atomic mass is 10.1. The van der Waals surface area contributed by atoms with Crippen molar-refractivity contribution < 1.29 is 14.3 Å². The number of methoxy groups -OCH3 is 2. The quantitative estimate of drug-likeness (QED) is 0.665. The number of fused-ring (bicyclic) bond motifs is 1. The molecule has 1 aromatic heterocycles. The van der Waals surface area contributed by atoms with Gasteiger partial charge in [-0.15, -0.1) is 0 Å². The maximum atomic E-state index is 12.6. The molecule has 0 atom stereocenters. The summed E-state index contributed by atoms with van der Waals surface area (Å²) < 4.78 is 10.4. The summed E-state index contributed by atoms with van der Waals surface area (Å²) in [7, 11) is 2.90. The predicted octanol–water partition coefficient (Wildman–Crippen LogP) is 1.49. The van der Waals surface area contributed by atoms with Gasteiger partial charge in [-0.05, 0) is 30.3 Å². The number of aromatic nitrogens is 2. The van der Waals surface area contributed by atoms with Gasteiger partial charge < -0.3 is 14.8 Å². The fraction of sp³-hybridized carbons (Fsp3) is 0.118. The van der Waals surface area contributed by atoms with Gasteiger partial charge in [0.05, 0.1) is 25.0 Å². The first-order valence-electron chi connectivity index (χ1n) is 7.32. The molecule has 1 heterocycles. The van der Waals surface area contributed by atoms with Crippen LogP contribution < -0.4 is 25.9 Å². The lowest BCUT2D eigenvalue weighted by molar-refractivity contribution is 0.102. The highest BCUT2D eigenvalue weighted by Gasteiger charge is 2.18. The van der Waals surface area contributed by atoms with Gasteiger partial charge in [0.25, 0.3) is 17.0 Å². The Balaban J connectivity index is 2.02. The molecule has 0 saturated carbocycles. The van der Waals surface area contributed by atoms with Gasteiger partial charge in [0.15, 0.2) is 0 Å². The number of rotatable bonds is 4. The van der Waals surface area contributed by atoms with Crippen molar-refractivity contribution in [2.75, 3.05) is 19.5 Å². The molecule has 8 nitrogen and oxygen atoms in total. The van der Waals surface area contributed by atoms with Crippen LogP contribution in [0.3, 0.4) is 0 Å². The van der Waals surface area contributed by atoms with E-state index in [0.29, 0.717) is 17.2 Å². The van der Waals surface area contributed by atoms with Crippen LogP contribution in [0.5, 0.6) is 11.5 Å². The second-order valence-corrected chi connectivity index (χ2v) is 5.16. The number of ether oxygens (including phenoxy) is 2. The summed E-state index contributed by atoms with van der Waals surface area (Å²) in [4.78, 5) is 36.2. The average molecular weight is 341 g/mol. The van der Waals surface area contributed by atoms with Crippen LogP contribution in [-0.2, 0) is 0 Å². The van der Waals surface area contributed by atoms with Crippen LogP contribution in [0.1, 0.15) is 10.4 Å². The molecule has 0 saturated heterocycles. The molecule has 0 fully saturated rings. The lowest BCUT2D eigenvalue weighted by Gasteiger charge is -2.13. The number of anilines is 1. The number of benzene rings is 2. The molecule has 0 aliphatic heterocycles. The predicted molar refractivity (Wildman–Crippen MR) is 92.7 cm³/mol. The summed E-state index contributed by atoms with van der Waals surface area (Å²) in [5.41, 5.74) is -0.284. The second-order valence-electron chi connectivity index (χ2n) is 5.16. The topological polar surface area (TPSA) is 113 Å². The average Bonchev–Trinajstić information content (AvgIpc) is 2.64. The minimum absolute atomic E-state index is 0.175. The van der Waals surface area contributed by atoms with E-state index in [1.807, 2.05) is 0 Å². The fourth-order valence-corrected chi connectivity index (χ4v) is 2.52. The molecule has 3 rings (SSSR count). The van der Waals surface area contributed by atoms with Crippen molar-refractivity contribution in [3.8, 4) is 11.5 Å². The van der Waals surface area contributed by atoms with Crippen LogP contribution in [-0.4, -0.2) is 30.3 Å². The molecule has 0 aliphatic carbocycles. The minimum Gasteiger partial charge on any atom is -0.496 e. The third kappa shape index (κ3) is 2.97. The standard InChI is InChI=1S/C17H15N3O5/c1-24-12-4-3-5-13(25-2)14(12)17(23)18-9-6-7-10-11(8-9)16(22)20-19-15(10)21/h3-8H,1-2H3,(H,18,23)(H,19,21)(H,20,22). The van der Waals surface area contributed by atoms with Gasteiger partial charge in [0.1, 0.15) is 17.1 Å². The molecule has 3 N–H and O–H groups in total. The number of nitrogens with one attached hydrogen (secondary N) is 3. The van der Waals surface area contributed by atoms with E-state index >= 15 is 0 Å². The summed E-state index contributed by atoms with van der Waals surface area (Å²) in [5, 5.41) is 7.58. The number of H-pyrrole nitrogens is 2. The molecular weight excluding hydrogens is 326 g/mol. The van der Waals surface area contributed by atoms with Crippen LogP contribution in [0, 0.1) is 0 Å². The van der Waals surface area contributed by atoms with E-state index in [2.05, 4.69) is 15.5 Å². The zero-order valence-corrected chi connectivity index (χ0v) is 13.5. The first-order chi connectivity index (χ1) is 12.0. The van der Waals surface area contributed by atoms with Crippen molar-refractivity contribution in [1.82, 2.24) is 10.2 Å². The first-order valence-corrected chi connectivity index (χ1v) is 7.32. The van der Waals surface area contributed by atoms with E-state index in [4.69, 9.17) is 9.47 Å². The van der Waals surface area contributed by atoms with E-state index in [-0.39, 0.29) is 16.3 Å². The Bertz CT molecular complexity index is 1050. The smallest absolute Gasteiger partial charge is 0.270 e. The monoisotopic (exact) mass is 341 g/mol. The molecule has 128 valence electrons. The Morgan fingerprint density at radius 2 is 1.52 bits per heavy atom. The van der Waals surface area contributed by atoms with Gasteiger partial charge in [0, 0.05) is 5.69 Å². The molecule has 8 heteroatoms. The molecule has 0 spiro atoms. The summed E-state index contributed by atoms with van der Waals surface area (Å²) in [6, 6.07) is 9.43. The molecule has 0 bridgehead atoms. The molecule has 2 aromatic carbocycles. The molecule has 0 unspecified atom stereocenters. The maximum Gasteiger partial charge on any atom is 0.270 e. The highest BCUT2D eigenvalue weighted by molar-refractivity contribution is 6.08. The number of amides is 1. The maximum absolute atomic E-state index is 12.6. The fourth-order valence-electron chi connectivity index (χ4n) is 2.52. The number of hydrogen-bond donors (Lipinski definition) is 3. The summed E-state index contributed by atoms with van der Waals surface area (Å²) in [6.07, 6.45) is 0. The molecular formula is C17H15N3O5. The summed E-state index contributed by atoms with van der Waals surface area (Å²) in [5.74, 6) is 0.244. The number of aromatic amines is 2. The van der Waals surface area contributed by atoms with Crippen molar-refractivity contribution >= 4 is 22.4 Å². The van der Waals surface area contributed by atoms with E-state index in [1.165, 1.54) is 32.4 Å². The largest absolute Gasteiger partial charge is 0.496 e. The third-order valence-corrected chi connectivity index (χ3v) is 3.71. The Kier molecular flexibility index (Phi) is 4.25. The molecule has 3 aromatic rings. The SMILES string of the molecule is COc1cccc(OC)c1C(=O)Nc1ccc2c(=O)[nH][nH]c(=O)c2c1. The van der Waals surface area contributed by atoms with E-state index in [1.54, 1.807) is 18.2 Å². The Morgan fingerprint density at radius 3 is 2.12 bits per heavy atom. The molecule has 25 heavy (non-hydrogen) atoms. The van der Waals surface area contributed by atoms with E-state index < -0.39 is 17.0 Å². The van der Waals surface area contributed by atoms with Gasteiger partial charge in [-0.25, -0.2) is 0 Å². The lowest BCUT2D eigenvalue weighted by Crippen LogP contribution is -2.19. The van der Waals surface area contributed by atoms with Crippen LogP contribution in [0.2, 0.25) is 0 Å². The number of carbonyl (C=O) groups is 1. The first kappa shape index (κ1) is 16.3. The normalized spacial score (nSPS) is 10.5. The Hall–Kier alpha value is -3.55. The van der Waals surface area contributed by atoms with Gasteiger partial charge in [-0.2, -0.15) is 0 Å². The second kappa shape index (κ2) is 6.52. The van der Waals surface area contributed by atoms with E-state index in [0.717, 1.165) is 0 Å². The van der Waals surface area contributed by atoms with E-state index in [9.17, 15) is 14.4 Å². The van der Waals surface area contributed by atoms with Gasteiger partial charge in [-0.1, -0.05) is 6.07 Å². The van der Waals surface area contributed by atoms with Crippen LogP contribution in [0.4, 0.5) is 5.69 Å². The van der Waals surface area contributed by atoms with Crippen LogP contribution in [0.15, 0.2) is 46.0 Å². The molecule has 1 amide bonds. The van der Waals surface area contributed by atoms with Crippen molar-refractivity contribution in [2.24, 2.45) is 0 Å². The van der Waals surface area contributed by atoms with Crippen LogP contribution >= 0.6 is 0 Å². The third-order valence-electron chi connectivity index (χ3n) is 3.71. The minimum atomic E-state index is -0.463. The number of carbonyl (C=O) groups excluding carboxylic acids is 1. The molecule has 0 radical (unpaired) electrons. The highest BCUT2D eigenvalue weighted by atomic mass is 16.5. The molecule has 0 aliphatic rings. The summed E-state index contributed by atoms with van der Waals surface area (Å²) in [6.45, 7) is 0. The zero-order valence-electron chi connectivity index (χ0n) is 13.5. The van der Waals surface area contributed by atoms with Gasteiger partial charge in [-0.3, -0.25) is 24.6 Å². The van der Waals surface area contributed by atoms with Crippen molar-refractivity contribution in [3.05, 3.63) is 62.7 Å². The van der Waals surface area contributed by atoms with Gasteiger partial charge >= 0.3 is 0 Å². The Labute approximate surface area is 141 Å². The zero-order chi connectivity index (χ0) is 18.0. The number of hydrogen-bond acceptors (Lipinski definition) is 5. The highest BCUT2D eigenvalue weighted by Crippen LogP contribution is 2.29. The van der Waals surface area contributed by atoms with Crippen molar-refractivity contribution in [3.63, 3.8) is 0 Å². The summed E-state index contributed by atoms with van der Waals surface area (Å²) >= 11 is 0. The van der Waals surface area contributed by atoms with Crippen LogP contribution in [0.25, 0.3) is 10.8 Å². The van der Waals surface area contributed by atoms with Gasteiger partial charge in [0.2, 0.25) is 0 Å².